The van der Waals surface area contributed by atoms with Crippen LogP contribution in [0.25, 0.3) is 0 Å². The van der Waals surface area contributed by atoms with Crippen LogP contribution in [0.3, 0.4) is 0 Å². The van der Waals surface area contributed by atoms with Crippen molar-refractivity contribution in [2.75, 3.05) is 36.5 Å². The van der Waals surface area contributed by atoms with Gasteiger partial charge in [0.2, 0.25) is 12.4 Å². The molecule has 5 rings (SSSR count). The molecule has 2 N–H and O–H groups in total. The number of aliphatic carboxylic acids is 1. The summed E-state index contributed by atoms with van der Waals surface area (Å²) in [5.74, 6) is -1.57. The Morgan fingerprint density at radius 1 is 0.938 bits per heavy atom. The molecule has 0 bridgehead atoms. The molecule has 0 spiro atoms. The molecule has 1 atom stereocenters. The minimum absolute atomic E-state index is 0.284. The quantitative estimate of drug-likeness (QED) is 0.131. The molecule has 2 aliphatic heterocycles. The third-order valence-corrected chi connectivity index (χ3v) is 10.2. The van der Waals surface area contributed by atoms with Gasteiger partial charge in [0.25, 0.3) is 10.1 Å². The molecule has 0 saturated carbocycles. The zero-order valence-electron chi connectivity index (χ0n) is 28.5. The fraction of sp³-hybridized carbons (Fsp3) is 0.316. The van der Waals surface area contributed by atoms with Crippen LogP contribution in [-0.2, 0) is 36.1 Å². The van der Waals surface area contributed by atoms with Gasteiger partial charge in [0, 0.05) is 54.4 Å². The molecule has 3 aromatic rings. The highest BCUT2D eigenvalue weighted by Crippen LogP contribution is 2.47. The second-order valence-corrected chi connectivity index (χ2v) is 14.9. The Bertz CT molecular complexity index is 1960. The molecular weight excluding hydrogens is 627 g/mol. The number of benzene rings is 3. The van der Waals surface area contributed by atoms with Crippen molar-refractivity contribution in [1.29, 1.82) is 0 Å². The number of ether oxygens (including phenoxy) is 1. The summed E-state index contributed by atoms with van der Waals surface area (Å²) < 4.78 is 41.2. The SMILES string of the molecule is COC(C)(C(=O)O)c1ccc(N(C)C[N+]2=C(/C=C/C=C/C=C3/N(CS(=O)(=O)O)c4ccccc4C3(C)C)C(C)(C)c3ccccc32)cc1. The molecule has 2 heterocycles. The maximum absolute atomic E-state index is 11.9. The zero-order chi connectivity index (χ0) is 35.1. The lowest BCUT2D eigenvalue weighted by Gasteiger charge is -2.25. The number of para-hydroxylation sites is 2. The van der Waals surface area contributed by atoms with Gasteiger partial charge in [-0.15, -0.1) is 0 Å². The van der Waals surface area contributed by atoms with Crippen LogP contribution in [0.5, 0.6) is 0 Å². The number of hydrogen-bond acceptors (Lipinski definition) is 6. The van der Waals surface area contributed by atoms with Crippen molar-refractivity contribution in [2.24, 2.45) is 0 Å². The van der Waals surface area contributed by atoms with Crippen molar-refractivity contribution in [1.82, 2.24) is 0 Å². The number of allylic oxidation sites excluding steroid dienone is 6. The van der Waals surface area contributed by atoms with Gasteiger partial charge in [-0.05, 0) is 56.2 Å². The first-order valence-electron chi connectivity index (χ1n) is 15.7. The van der Waals surface area contributed by atoms with Crippen LogP contribution in [0.2, 0.25) is 0 Å². The van der Waals surface area contributed by atoms with Crippen molar-refractivity contribution in [2.45, 2.75) is 51.0 Å². The Labute approximate surface area is 283 Å². The molecule has 0 aromatic heterocycles. The van der Waals surface area contributed by atoms with Crippen molar-refractivity contribution in [3.63, 3.8) is 0 Å². The fourth-order valence-electron chi connectivity index (χ4n) is 6.75. The van der Waals surface area contributed by atoms with E-state index in [4.69, 9.17) is 4.74 Å². The Balaban J connectivity index is 1.45. The largest absolute Gasteiger partial charge is 0.479 e. The topological polar surface area (TPSA) is 110 Å². The second-order valence-electron chi connectivity index (χ2n) is 13.5. The number of carbonyl (C=O) groups is 1. The predicted octanol–water partition coefficient (Wildman–Crippen LogP) is 6.74. The van der Waals surface area contributed by atoms with Gasteiger partial charge in [-0.25, -0.2) is 4.79 Å². The molecule has 0 fully saturated rings. The van der Waals surface area contributed by atoms with Gasteiger partial charge in [-0.2, -0.15) is 13.0 Å². The average Bonchev–Trinajstić information content (AvgIpc) is 3.38. The number of nitrogens with zero attached hydrogens (tertiary/aromatic N) is 3. The van der Waals surface area contributed by atoms with E-state index in [2.05, 4.69) is 47.6 Å². The number of rotatable bonds is 11. The Hall–Kier alpha value is -4.51. The summed E-state index contributed by atoms with van der Waals surface area (Å²) in [5, 5.41) is 9.70. The van der Waals surface area contributed by atoms with Gasteiger partial charge in [-0.1, -0.05) is 80.6 Å². The molecule has 10 heteroatoms. The van der Waals surface area contributed by atoms with E-state index in [0.717, 1.165) is 34.0 Å². The lowest BCUT2D eigenvalue weighted by atomic mass is 9.81. The van der Waals surface area contributed by atoms with E-state index in [1.807, 2.05) is 87.7 Å². The molecule has 252 valence electrons. The summed E-state index contributed by atoms with van der Waals surface area (Å²) in [6.45, 7) is 10.6. The van der Waals surface area contributed by atoms with Crippen molar-refractivity contribution in [3.8, 4) is 0 Å². The van der Waals surface area contributed by atoms with E-state index < -0.39 is 33.0 Å². The molecule has 0 saturated heterocycles. The van der Waals surface area contributed by atoms with Gasteiger partial charge in [-0.3, -0.25) is 4.55 Å². The lowest BCUT2D eigenvalue weighted by molar-refractivity contribution is -0.436. The van der Waals surface area contributed by atoms with Crippen molar-refractivity contribution >= 4 is 38.9 Å². The third-order valence-electron chi connectivity index (χ3n) is 9.65. The van der Waals surface area contributed by atoms with Crippen LogP contribution >= 0.6 is 0 Å². The number of anilines is 2. The van der Waals surface area contributed by atoms with Crippen molar-refractivity contribution in [3.05, 3.63) is 126 Å². The van der Waals surface area contributed by atoms with E-state index in [1.165, 1.54) is 12.7 Å². The van der Waals surface area contributed by atoms with Gasteiger partial charge < -0.3 is 19.6 Å². The smallest absolute Gasteiger partial charge is 0.340 e. The number of fused-ring (bicyclic) bond motifs is 2. The first-order valence-corrected chi connectivity index (χ1v) is 17.4. The van der Waals surface area contributed by atoms with Gasteiger partial charge in [0.1, 0.15) is 0 Å². The maximum Gasteiger partial charge on any atom is 0.340 e. The highest BCUT2D eigenvalue weighted by Gasteiger charge is 2.45. The first-order chi connectivity index (χ1) is 22.5. The summed E-state index contributed by atoms with van der Waals surface area (Å²) in [4.78, 5) is 15.6. The zero-order valence-corrected chi connectivity index (χ0v) is 29.3. The molecule has 1 unspecified atom stereocenters. The number of hydrogen-bond donors (Lipinski definition) is 2. The highest BCUT2D eigenvalue weighted by molar-refractivity contribution is 7.85. The average molecular weight is 671 g/mol. The van der Waals surface area contributed by atoms with Crippen LogP contribution in [-0.4, -0.2) is 61.0 Å². The van der Waals surface area contributed by atoms with Crippen LogP contribution in [0.1, 0.15) is 51.3 Å². The molecular formula is C38H44N3O6S+. The minimum Gasteiger partial charge on any atom is -0.479 e. The lowest BCUT2D eigenvalue weighted by Crippen LogP contribution is -2.34. The van der Waals surface area contributed by atoms with Gasteiger partial charge in [0.15, 0.2) is 17.2 Å². The van der Waals surface area contributed by atoms with Crippen LogP contribution in [0, 0.1) is 0 Å². The van der Waals surface area contributed by atoms with Crippen LogP contribution in [0.15, 0.2) is 109 Å². The molecule has 0 aliphatic carbocycles. The highest BCUT2D eigenvalue weighted by atomic mass is 32.2. The molecule has 3 aromatic carbocycles. The van der Waals surface area contributed by atoms with E-state index >= 15 is 0 Å². The molecule has 0 radical (unpaired) electrons. The van der Waals surface area contributed by atoms with E-state index in [1.54, 1.807) is 24.0 Å². The van der Waals surface area contributed by atoms with Gasteiger partial charge >= 0.3 is 5.97 Å². The summed E-state index contributed by atoms with van der Waals surface area (Å²) in [5.41, 5.74) is 5.26. The summed E-state index contributed by atoms with van der Waals surface area (Å²) in [6, 6.07) is 23.4. The number of carboxylic acids is 1. The molecule has 0 amide bonds. The van der Waals surface area contributed by atoms with E-state index in [0.29, 0.717) is 12.2 Å². The van der Waals surface area contributed by atoms with Crippen LogP contribution in [0.4, 0.5) is 17.1 Å². The summed E-state index contributed by atoms with van der Waals surface area (Å²) >= 11 is 0. The maximum atomic E-state index is 11.9. The molecule has 2 aliphatic rings. The summed E-state index contributed by atoms with van der Waals surface area (Å²) in [6.07, 6.45) is 9.83. The Morgan fingerprint density at radius 2 is 1.56 bits per heavy atom. The van der Waals surface area contributed by atoms with Crippen LogP contribution < -0.4 is 9.80 Å². The standard InChI is InChI=1S/C38H43N3O6S/c1-36(2)29-15-11-13-17-31(29)40(25-39(6)28-23-21-27(22-24-28)38(5,47-7)35(42)43)33(36)19-9-8-10-20-34-37(3,4)30-16-12-14-18-32(30)41(34)26-48(44,45)46/h8-24H,25-26H2,1-7H3,(H-,42,43,44,45,46)/p+1. The predicted molar refractivity (Wildman–Crippen MR) is 191 cm³/mol. The van der Waals surface area contributed by atoms with E-state index in [-0.39, 0.29) is 5.41 Å². The second kappa shape index (κ2) is 12.8. The number of carboxylic acid groups (broad SMARTS) is 1. The Morgan fingerprint density at radius 3 is 2.19 bits per heavy atom. The van der Waals surface area contributed by atoms with Crippen molar-refractivity contribution < 1.29 is 32.2 Å². The number of methoxy groups -OCH3 is 1. The van der Waals surface area contributed by atoms with Gasteiger partial charge in [0.05, 0.1) is 5.41 Å². The monoisotopic (exact) mass is 670 g/mol. The molecule has 9 nitrogen and oxygen atoms in total. The normalized spacial score (nSPS) is 18.8. The molecule has 48 heavy (non-hydrogen) atoms. The van der Waals surface area contributed by atoms with E-state index in [9.17, 15) is 22.9 Å². The Kier molecular flexibility index (Phi) is 9.31. The summed E-state index contributed by atoms with van der Waals surface area (Å²) in [7, 11) is -0.867. The third kappa shape index (κ3) is 6.35. The fourth-order valence-corrected chi connectivity index (χ4v) is 7.35. The minimum atomic E-state index is -4.26. The first kappa shape index (κ1) is 34.8.